The van der Waals surface area contributed by atoms with E-state index < -0.39 is 0 Å². The molecule has 1 aromatic rings. The fourth-order valence-corrected chi connectivity index (χ4v) is 2.23. The van der Waals surface area contributed by atoms with Crippen LogP contribution in [0, 0.1) is 0 Å². The summed E-state index contributed by atoms with van der Waals surface area (Å²) in [7, 11) is 0. The maximum absolute atomic E-state index is 11.8. The van der Waals surface area contributed by atoms with Gasteiger partial charge in [-0.1, -0.05) is 0 Å². The van der Waals surface area contributed by atoms with Crippen LogP contribution in [0.2, 0.25) is 0 Å². The molecule has 0 aromatic heterocycles. The minimum Gasteiger partial charge on any atom is -0.462 e. The third-order valence-corrected chi connectivity index (χ3v) is 3.27. The molecule has 0 aliphatic heterocycles. The summed E-state index contributed by atoms with van der Waals surface area (Å²) in [5.74, 6) is -0.286. The molecule has 0 aliphatic rings. The van der Waals surface area contributed by atoms with Gasteiger partial charge in [0.15, 0.2) is 0 Å². The Kier molecular flexibility index (Phi) is 6.52. The lowest BCUT2D eigenvalue weighted by Crippen LogP contribution is -2.38. The molecule has 2 N–H and O–H groups in total. The van der Waals surface area contributed by atoms with Crippen LogP contribution in [0.4, 0.5) is 5.69 Å². The largest absolute Gasteiger partial charge is 0.462 e. The van der Waals surface area contributed by atoms with E-state index in [1.807, 2.05) is 0 Å². The molecule has 1 aromatic carbocycles. The zero-order valence-electron chi connectivity index (χ0n) is 12.9. The van der Waals surface area contributed by atoms with Gasteiger partial charge in [0.1, 0.15) is 0 Å². The molecule has 112 valence electrons. The number of benzene rings is 1. The van der Waals surface area contributed by atoms with E-state index in [1.165, 1.54) is 0 Å². The number of nitrogen functional groups attached to an aromatic ring is 1. The standard InChI is InChI=1S/C16H26N2O2/c1-12(2)18(13(3)4)10-5-11-20-16(19)14-6-8-15(17)9-7-14/h6-9,12-13H,5,10-11,17H2,1-4H3. The first kappa shape index (κ1) is 16.5. The number of carbonyl (C=O) groups excluding carboxylic acids is 1. The molecule has 0 amide bonds. The number of carbonyl (C=O) groups is 1. The Morgan fingerprint density at radius 1 is 1.15 bits per heavy atom. The molecule has 0 unspecified atom stereocenters. The Morgan fingerprint density at radius 3 is 2.20 bits per heavy atom. The van der Waals surface area contributed by atoms with E-state index in [0.717, 1.165) is 13.0 Å². The van der Waals surface area contributed by atoms with Gasteiger partial charge in [-0.2, -0.15) is 0 Å². The van der Waals surface area contributed by atoms with Crippen molar-refractivity contribution >= 4 is 11.7 Å². The van der Waals surface area contributed by atoms with Crippen LogP contribution in [0.25, 0.3) is 0 Å². The maximum atomic E-state index is 11.8. The molecule has 0 radical (unpaired) electrons. The average molecular weight is 278 g/mol. The van der Waals surface area contributed by atoms with Crippen LogP contribution >= 0.6 is 0 Å². The summed E-state index contributed by atoms with van der Waals surface area (Å²) in [5, 5.41) is 0. The molecule has 0 atom stereocenters. The van der Waals surface area contributed by atoms with Gasteiger partial charge in [-0.15, -0.1) is 0 Å². The summed E-state index contributed by atoms with van der Waals surface area (Å²) in [6.45, 7) is 10.1. The minimum absolute atomic E-state index is 0.286. The quantitative estimate of drug-likeness (QED) is 0.473. The number of nitrogens with two attached hydrogens (primary N) is 1. The van der Waals surface area contributed by atoms with Crippen LogP contribution in [0.15, 0.2) is 24.3 Å². The van der Waals surface area contributed by atoms with E-state index in [-0.39, 0.29) is 5.97 Å². The van der Waals surface area contributed by atoms with Crippen LogP contribution in [-0.4, -0.2) is 36.1 Å². The fraction of sp³-hybridized carbons (Fsp3) is 0.562. The molecule has 4 heteroatoms. The highest BCUT2D eigenvalue weighted by Gasteiger charge is 2.13. The molecule has 0 fully saturated rings. The molecular weight excluding hydrogens is 252 g/mol. The number of hydrogen-bond acceptors (Lipinski definition) is 4. The third-order valence-electron chi connectivity index (χ3n) is 3.27. The third kappa shape index (κ3) is 5.21. The Labute approximate surface area is 121 Å². The molecule has 0 spiro atoms. The summed E-state index contributed by atoms with van der Waals surface area (Å²) in [5.41, 5.74) is 6.77. The van der Waals surface area contributed by atoms with Crippen molar-refractivity contribution < 1.29 is 9.53 Å². The van der Waals surface area contributed by atoms with Gasteiger partial charge in [0.05, 0.1) is 12.2 Å². The lowest BCUT2D eigenvalue weighted by Gasteiger charge is -2.30. The van der Waals surface area contributed by atoms with Crippen molar-refractivity contribution in [1.29, 1.82) is 0 Å². The van der Waals surface area contributed by atoms with Crippen LogP contribution in [0.1, 0.15) is 44.5 Å². The van der Waals surface area contributed by atoms with Gasteiger partial charge in [-0.25, -0.2) is 4.79 Å². The predicted octanol–water partition coefficient (Wildman–Crippen LogP) is 2.93. The van der Waals surface area contributed by atoms with Crippen molar-refractivity contribution in [1.82, 2.24) is 4.90 Å². The van der Waals surface area contributed by atoms with Crippen LogP contribution < -0.4 is 5.73 Å². The fourth-order valence-electron chi connectivity index (χ4n) is 2.23. The Morgan fingerprint density at radius 2 is 1.70 bits per heavy atom. The summed E-state index contributed by atoms with van der Waals surface area (Å²) in [4.78, 5) is 14.2. The first-order valence-electron chi connectivity index (χ1n) is 7.20. The second-order valence-electron chi connectivity index (χ2n) is 5.54. The van der Waals surface area contributed by atoms with Gasteiger partial charge in [-0.3, -0.25) is 4.90 Å². The second-order valence-corrected chi connectivity index (χ2v) is 5.54. The molecule has 1 rings (SSSR count). The topological polar surface area (TPSA) is 55.6 Å². The number of hydrogen-bond donors (Lipinski definition) is 1. The molecule has 20 heavy (non-hydrogen) atoms. The van der Waals surface area contributed by atoms with Gasteiger partial charge in [-0.05, 0) is 58.4 Å². The number of nitrogens with zero attached hydrogens (tertiary/aromatic N) is 1. The normalized spacial score (nSPS) is 11.3. The highest BCUT2D eigenvalue weighted by atomic mass is 16.5. The predicted molar refractivity (Wildman–Crippen MR) is 82.7 cm³/mol. The zero-order valence-corrected chi connectivity index (χ0v) is 12.9. The molecule has 0 heterocycles. The summed E-state index contributed by atoms with van der Waals surface area (Å²) in [6.07, 6.45) is 0.844. The van der Waals surface area contributed by atoms with E-state index in [4.69, 9.17) is 10.5 Å². The maximum Gasteiger partial charge on any atom is 0.338 e. The highest BCUT2D eigenvalue weighted by molar-refractivity contribution is 5.89. The van der Waals surface area contributed by atoms with Gasteiger partial charge in [0.25, 0.3) is 0 Å². The summed E-state index contributed by atoms with van der Waals surface area (Å²) < 4.78 is 5.27. The SMILES string of the molecule is CC(C)N(CCCOC(=O)c1ccc(N)cc1)C(C)C. The highest BCUT2D eigenvalue weighted by Crippen LogP contribution is 2.08. The van der Waals surface area contributed by atoms with Crippen LogP contribution in [-0.2, 0) is 4.74 Å². The lowest BCUT2D eigenvalue weighted by atomic mass is 10.2. The Bertz CT molecular complexity index is 405. The Balaban J connectivity index is 2.33. The number of rotatable bonds is 7. The van der Waals surface area contributed by atoms with Gasteiger partial charge < -0.3 is 10.5 Å². The first-order chi connectivity index (χ1) is 9.41. The molecule has 0 aliphatic carbocycles. The van der Waals surface area contributed by atoms with Crippen molar-refractivity contribution in [3.8, 4) is 0 Å². The molecular formula is C16H26N2O2. The first-order valence-corrected chi connectivity index (χ1v) is 7.20. The minimum atomic E-state index is -0.286. The molecule has 0 saturated heterocycles. The van der Waals surface area contributed by atoms with Crippen molar-refractivity contribution in [3.05, 3.63) is 29.8 Å². The van der Waals surface area contributed by atoms with Gasteiger partial charge in [0, 0.05) is 24.3 Å². The Hall–Kier alpha value is -1.55. The monoisotopic (exact) mass is 278 g/mol. The van der Waals surface area contributed by atoms with Crippen molar-refractivity contribution in [2.45, 2.75) is 46.2 Å². The molecule has 0 bridgehead atoms. The second kappa shape index (κ2) is 7.90. The van der Waals surface area contributed by atoms with E-state index in [0.29, 0.717) is 29.9 Å². The summed E-state index contributed by atoms with van der Waals surface area (Å²) >= 11 is 0. The van der Waals surface area contributed by atoms with Crippen molar-refractivity contribution in [3.63, 3.8) is 0 Å². The number of anilines is 1. The van der Waals surface area contributed by atoms with Crippen molar-refractivity contribution in [2.75, 3.05) is 18.9 Å². The van der Waals surface area contributed by atoms with E-state index >= 15 is 0 Å². The molecule has 0 saturated carbocycles. The molecule has 4 nitrogen and oxygen atoms in total. The number of ether oxygens (including phenoxy) is 1. The lowest BCUT2D eigenvalue weighted by molar-refractivity contribution is 0.0477. The van der Waals surface area contributed by atoms with E-state index in [9.17, 15) is 4.79 Å². The van der Waals surface area contributed by atoms with Gasteiger partial charge in [0.2, 0.25) is 0 Å². The van der Waals surface area contributed by atoms with E-state index in [2.05, 4.69) is 32.6 Å². The smallest absolute Gasteiger partial charge is 0.338 e. The van der Waals surface area contributed by atoms with Crippen LogP contribution in [0.3, 0.4) is 0 Å². The zero-order chi connectivity index (χ0) is 15.1. The van der Waals surface area contributed by atoms with Gasteiger partial charge >= 0.3 is 5.97 Å². The summed E-state index contributed by atoms with van der Waals surface area (Å²) in [6, 6.07) is 7.79. The van der Waals surface area contributed by atoms with Crippen LogP contribution in [0.5, 0.6) is 0 Å². The average Bonchev–Trinajstić information content (AvgIpc) is 2.38. The number of esters is 1. The van der Waals surface area contributed by atoms with Crippen molar-refractivity contribution in [2.24, 2.45) is 0 Å². The van der Waals surface area contributed by atoms with E-state index in [1.54, 1.807) is 24.3 Å².